The van der Waals surface area contributed by atoms with Gasteiger partial charge in [0.05, 0.1) is 0 Å². The largest absolute Gasteiger partial charge is 0.385 e. The fourth-order valence-corrected chi connectivity index (χ4v) is 3.68. The standard InChI is InChI=1S/C19H22N2/c1-14-8-9-16-5-2-3-7-19(16)21(14)17-11-10-15-6-4-12-20-18(15)13-17/h2-3,5,7,10-11,13-14,20H,4,6,8-9,12H2,1H3. The van der Waals surface area contributed by atoms with Crippen LogP contribution in [-0.2, 0) is 12.8 Å². The van der Waals surface area contributed by atoms with Crippen LogP contribution in [0.2, 0.25) is 0 Å². The predicted molar refractivity (Wildman–Crippen MR) is 89.6 cm³/mol. The van der Waals surface area contributed by atoms with E-state index in [2.05, 4.69) is 59.6 Å². The van der Waals surface area contributed by atoms with Gasteiger partial charge < -0.3 is 10.2 Å². The van der Waals surface area contributed by atoms with Gasteiger partial charge in [0, 0.05) is 29.6 Å². The molecule has 0 saturated carbocycles. The van der Waals surface area contributed by atoms with Crippen LogP contribution in [0.5, 0.6) is 0 Å². The monoisotopic (exact) mass is 278 g/mol. The van der Waals surface area contributed by atoms with E-state index in [4.69, 9.17) is 0 Å². The van der Waals surface area contributed by atoms with Gasteiger partial charge in [-0.05, 0) is 61.9 Å². The van der Waals surface area contributed by atoms with Crippen molar-refractivity contribution in [1.29, 1.82) is 0 Å². The van der Waals surface area contributed by atoms with E-state index in [1.165, 1.54) is 53.9 Å². The van der Waals surface area contributed by atoms with Crippen molar-refractivity contribution in [2.75, 3.05) is 16.8 Å². The number of benzene rings is 2. The number of nitrogens with one attached hydrogen (secondary N) is 1. The van der Waals surface area contributed by atoms with E-state index in [1.807, 2.05) is 0 Å². The summed E-state index contributed by atoms with van der Waals surface area (Å²) in [6.45, 7) is 3.44. The number of aryl methyl sites for hydroxylation is 2. The van der Waals surface area contributed by atoms with Gasteiger partial charge in [-0.15, -0.1) is 0 Å². The Hall–Kier alpha value is -1.96. The molecule has 2 heterocycles. The lowest BCUT2D eigenvalue weighted by molar-refractivity contribution is 0.618. The van der Waals surface area contributed by atoms with Crippen LogP contribution in [0.1, 0.15) is 30.9 Å². The molecule has 0 bridgehead atoms. The van der Waals surface area contributed by atoms with Crippen LogP contribution in [0.4, 0.5) is 17.1 Å². The lowest BCUT2D eigenvalue weighted by Gasteiger charge is -2.37. The Morgan fingerprint density at radius 1 is 1.05 bits per heavy atom. The summed E-state index contributed by atoms with van der Waals surface area (Å²) in [7, 11) is 0. The lowest BCUT2D eigenvalue weighted by Crippen LogP contribution is -2.33. The van der Waals surface area contributed by atoms with Gasteiger partial charge >= 0.3 is 0 Å². The van der Waals surface area contributed by atoms with Crippen molar-refractivity contribution in [2.24, 2.45) is 0 Å². The minimum atomic E-state index is 0.557. The molecule has 2 heteroatoms. The molecule has 4 rings (SSSR count). The van der Waals surface area contributed by atoms with Crippen LogP contribution < -0.4 is 10.2 Å². The Kier molecular flexibility index (Phi) is 3.10. The third-order valence-electron chi connectivity index (χ3n) is 4.83. The van der Waals surface area contributed by atoms with Crippen molar-refractivity contribution in [2.45, 2.75) is 38.6 Å². The second-order valence-electron chi connectivity index (χ2n) is 6.26. The Labute approximate surface area is 126 Å². The summed E-state index contributed by atoms with van der Waals surface area (Å²) in [4.78, 5) is 2.51. The van der Waals surface area contributed by atoms with Crippen molar-refractivity contribution >= 4 is 17.1 Å². The molecular formula is C19H22N2. The Balaban J connectivity index is 1.79. The summed E-state index contributed by atoms with van der Waals surface area (Å²) in [5, 5.41) is 3.55. The molecule has 0 radical (unpaired) electrons. The zero-order valence-corrected chi connectivity index (χ0v) is 12.6. The molecule has 2 aliphatic rings. The molecule has 2 aromatic rings. The SMILES string of the molecule is CC1CCc2ccccc2N1c1ccc2c(c1)NCCC2. The number of rotatable bonds is 1. The summed E-state index contributed by atoms with van der Waals surface area (Å²) >= 11 is 0. The number of nitrogens with zero attached hydrogens (tertiary/aromatic N) is 1. The van der Waals surface area contributed by atoms with E-state index in [1.54, 1.807) is 0 Å². The van der Waals surface area contributed by atoms with E-state index in [0.717, 1.165) is 6.54 Å². The molecule has 0 saturated heterocycles. The first kappa shape index (κ1) is 12.8. The second-order valence-corrected chi connectivity index (χ2v) is 6.26. The Morgan fingerprint density at radius 2 is 1.95 bits per heavy atom. The first-order valence-corrected chi connectivity index (χ1v) is 8.07. The Bertz CT molecular complexity index is 662. The van der Waals surface area contributed by atoms with Gasteiger partial charge in [-0.3, -0.25) is 0 Å². The van der Waals surface area contributed by atoms with Gasteiger partial charge in [-0.2, -0.15) is 0 Å². The summed E-state index contributed by atoms with van der Waals surface area (Å²) in [6.07, 6.45) is 4.86. The van der Waals surface area contributed by atoms with E-state index in [-0.39, 0.29) is 0 Å². The smallest absolute Gasteiger partial charge is 0.0445 e. The maximum Gasteiger partial charge on any atom is 0.0445 e. The highest BCUT2D eigenvalue weighted by atomic mass is 15.2. The minimum Gasteiger partial charge on any atom is -0.385 e. The van der Waals surface area contributed by atoms with Crippen LogP contribution >= 0.6 is 0 Å². The predicted octanol–water partition coefficient (Wildman–Crippen LogP) is 4.52. The third kappa shape index (κ3) is 2.19. The summed E-state index contributed by atoms with van der Waals surface area (Å²) in [6, 6.07) is 16.3. The topological polar surface area (TPSA) is 15.3 Å². The van der Waals surface area contributed by atoms with Crippen LogP contribution in [0.25, 0.3) is 0 Å². The second kappa shape index (κ2) is 5.10. The first-order chi connectivity index (χ1) is 10.3. The number of para-hydroxylation sites is 1. The molecule has 1 atom stereocenters. The zero-order valence-electron chi connectivity index (χ0n) is 12.6. The van der Waals surface area contributed by atoms with Gasteiger partial charge in [0.15, 0.2) is 0 Å². The van der Waals surface area contributed by atoms with Crippen LogP contribution in [0.15, 0.2) is 42.5 Å². The third-order valence-corrected chi connectivity index (χ3v) is 4.83. The molecule has 1 unspecified atom stereocenters. The van der Waals surface area contributed by atoms with Crippen LogP contribution in [-0.4, -0.2) is 12.6 Å². The van der Waals surface area contributed by atoms with Gasteiger partial charge in [-0.1, -0.05) is 24.3 Å². The maximum atomic E-state index is 3.55. The first-order valence-electron chi connectivity index (χ1n) is 8.07. The molecule has 0 fully saturated rings. The lowest BCUT2D eigenvalue weighted by atomic mass is 9.95. The van der Waals surface area contributed by atoms with Gasteiger partial charge in [0.25, 0.3) is 0 Å². The molecular weight excluding hydrogens is 256 g/mol. The molecule has 1 N–H and O–H groups in total. The van der Waals surface area contributed by atoms with Crippen LogP contribution in [0, 0.1) is 0 Å². The van der Waals surface area contributed by atoms with Crippen molar-refractivity contribution in [3.8, 4) is 0 Å². The summed E-state index contributed by atoms with van der Waals surface area (Å²) in [5.41, 5.74) is 6.97. The van der Waals surface area contributed by atoms with E-state index in [9.17, 15) is 0 Å². The maximum absolute atomic E-state index is 3.55. The number of anilines is 3. The fourth-order valence-electron chi connectivity index (χ4n) is 3.68. The van der Waals surface area contributed by atoms with E-state index >= 15 is 0 Å². The number of fused-ring (bicyclic) bond motifs is 2. The van der Waals surface area contributed by atoms with Crippen molar-refractivity contribution in [1.82, 2.24) is 0 Å². The summed E-state index contributed by atoms with van der Waals surface area (Å²) < 4.78 is 0. The summed E-state index contributed by atoms with van der Waals surface area (Å²) in [5.74, 6) is 0. The van der Waals surface area contributed by atoms with E-state index in [0.29, 0.717) is 6.04 Å². The molecule has 2 aliphatic heterocycles. The quantitative estimate of drug-likeness (QED) is 0.825. The molecule has 2 aromatic carbocycles. The number of hydrogen-bond acceptors (Lipinski definition) is 2. The molecule has 108 valence electrons. The van der Waals surface area contributed by atoms with Crippen LogP contribution in [0.3, 0.4) is 0 Å². The molecule has 21 heavy (non-hydrogen) atoms. The minimum absolute atomic E-state index is 0.557. The average Bonchev–Trinajstić information content (AvgIpc) is 2.54. The van der Waals surface area contributed by atoms with Crippen molar-refractivity contribution in [3.63, 3.8) is 0 Å². The fraction of sp³-hybridized carbons (Fsp3) is 0.368. The highest BCUT2D eigenvalue weighted by molar-refractivity contribution is 5.73. The average molecular weight is 278 g/mol. The Morgan fingerprint density at radius 3 is 2.90 bits per heavy atom. The highest BCUT2D eigenvalue weighted by Gasteiger charge is 2.24. The van der Waals surface area contributed by atoms with Gasteiger partial charge in [0.2, 0.25) is 0 Å². The highest BCUT2D eigenvalue weighted by Crippen LogP contribution is 2.38. The molecule has 0 amide bonds. The molecule has 0 spiro atoms. The van der Waals surface area contributed by atoms with E-state index < -0.39 is 0 Å². The zero-order chi connectivity index (χ0) is 14.2. The van der Waals surface area contributed by atoms with Gasteiger partial charge in [-0.25, -0.2) is 0 Å². The molecule has 0 aliphatic carbocycles. The normalized spacial score (nSPS) is 20.4. The van der Waals surface area contributed by atoms with Gasteiger partial charge in [0.1, 0.15) is 0 Å². The molecule has 0 aromatic heterocycles. The van der Waals surface area contributed by atoms with Crippen molar-refractivity contribution in [3.05, 3.63) is 53.6 Å². The van der Waals surface area contributed by atoms with Crippen molar-refractivity contribution < 1.29 is 0 Å². The molecule has 2 nitrogen and oxygen atoms in total. The number of hydrogen-bond donors (Lipinski definition) is 1.